The molecule has 0 spiro atoms. The van der Waals surface area contributed by atoms with Crippen molar-refractivity contribution in [3.05, 3.63) is 0 Å². The van der Waals surface area contributed by atoms with Gasteiger partial charge in [0.2, 0.25) is 11.8 Å². The Bertz CT molecular complexity index is 409. The number of carbonyl (C=O) groups excluding carboxylic acids is 2. The minimum Gasteiger partial charge on any atom is -0.340 e. The average Bonchev–Trinajstić information content (AvgIpc) is 3.20. The largest absolute Gasteiger partial charge is 0.340 e. The molecule has 1 saturated heterocycles. The van der Waals surface area contributed by atoms with Crippen molar-refractivity contribution in [3.8, 4) is 0 Å². The molecule has 2 amide bonds. The van der Waals surface area contributed by atoms with Crippen molar-refractivity contribution in [1.82, 2.24) is 10.2 Å². The third kappa shape index (κ3) is 2.23. The molecule has 114 valence electrons. The molecule has 2 fully saturated rings. The standard InChI is InChI=1S/C16H28N2O2/c1-6-16(7-2)14(20)18(12(5)13(19)17-16)10-15(8-9-15)11(3)4/h11-12H,6-10H2,1-5H3,(H,17,19). The van der Waals surface area contributed by atoms with Crippen LogP contribution in [0.15, 0.2) is 0 Å². The van der Waals surface area contributed by atoms with Gasteiger partial charge in [-0.1, -0.05) is 27.7 Å². The Morgan fingerprint density at radius 2 is 1.80 bits per heavy atom. The van der Waals surface area contributed by atoms with E-state index in [1.807, 2.05) is 25.7 Å². The first-order valence-corrected chi connectivity index (χ1v) is 7.95. The minimum atomic E-state index is -0.684. The van der Waals surface area contributed by atoms with Crippen LogP contribution in [0.5, 0.6) is 0 Å². The van der Waals surface area contributed by atoms with Crippen LogP contribution in [0.1, 0.15) is 60.3 Å². The van der Waals surface area contributed by atoms with Crippen LogP contribution in [0.2, 0.25) is 0 Å². The number of hydrogen-bond acceptors (Lipinski definition) is 2. The number of hydrogen-bond donors (Lipinski definition) is 1. The van der Waals surface area contributed by atoms with Gasteiger partial charge in [-0.2, -0.15) is 0 Å². The van der Waals surface area contributed by atoms with Gasteiger partial charge in [0.15, 0.2) is 0 Å². The summed E-state index contributed by atoms with van der Waals surface area (Å²) in [5, 5.41) is 2.96. The second-order valence-electron chi connectivity index (χ2n) is 6.90. The fraction of sp³-hybridized carbons (Fsp3) is 0.875. The highest BCUT2D eigenvalue weighted by atomic mass is 16.2. The summed E-state index contributed by atoms with van der Waals surface area (Å²) in [6.45, 7) is 11.0. The van der Waals surface area contributed by atoms with E-state index in [-0.39, 0.29) is 23.3 Å². The highest BCUT2D eigenvalue weighted by Gasteiger charge is 2.53. The maximum absolute atomic E-state index is 12.9. The quantitative estimate of drug-likeness (QED) is 0.840. The van der Waals surface area contributed by atoms with Crippen LogP contribution >= 0.6 is 0 Å². The van der Waals surface area contributed by atoms with Crippen molar-refractivity contribution < 1.29 is 9.59 Å². The summed E-state index contributed by atoms with van der Waals surface area (Å²) in [6.07, 6.45) is 3.67. The van der Waals surface area contributed by atoms with Crippen molar-refractivity contribution in [2.24, 2.45) is 11.3 Å². The summed E-state index contributed by atoms with van der Waals surface area (Å²) in [6, 6.07) is -0.343. The van der Waals surface area contributed by atoms with E-state index in [9.17, 15) is 9.59 Å². The first kappa shape index (κ1) is 15.3. The van der Waals surface area contributed by atoms with E-state index < -0.39 is 5.54 Å². The zero-order valence-corrected chi connectivity index (χ0v) is 13.5. The molecule has 0 aromatic carbocycles. The number of rotatable bonds is 5. The summed E-state index contributed by atoms with van der Waals surface area (Å²) in [5.74, 6) is 0.666. The minimum absolute atomic E-state index is 0.00661. The van der Waals surface area contributed by atoms with Gasteiger partial charge < -0.3 is 10.2 Å². The van der Waals surface area contributed by atoms with E-state index in [4.69, 9.17) is 0 Å². The molecule has 2 rings (SSSR count). The van der Waals surface area contributed by atoms with E-state index in [0.717, 1.165) is 6.54 Å². The van der Waals surface area contributed by atoms with Crippen molar-refractivity contribution >= 4 is 11.8 Å². The molecule has 0 aromatic rings. The van der Waals surface area contributed by atoms with Crippen molar-refractivity contribution in [3.63, 3.8) is 0 Å². The number of carbonyl (C=O) groups is 2. The van der Waals surface area contributed by atoms with Crippen LogP contribution in [0, 0.1) is 11.3 Å². The lowest BCUT2D eigenvalue weighted by atomic mass is 9.85. The Hall–Kier alpha value is -1.06. The van der Waals surface area contributed by atoms with E-state index >= 15 is 0 Å². The average molecular weight is 280 g/mol. The van der Waals surface area contributed by atoms with Gasteiger partial charge in [0.25, 0.3) is 0 Å². The van der Waals surface area contributed by atoms with Crippen LogP contribution < -0.4 is 5.32 Å². The van der Waals surface area contributed by atoms with Crippen LogP contribution in [-0.2, 0) is 9.59 Å². The molecule has 2 aliphatic rings. The smallest absolute Gasteiger partial charge is 0.248 e. The van der Waals surface area contributed by atoms with E-state index in [0.29, 0.717) is 18.8 Å². The van der Waals surface area contributed by atoms with Gasteiger partial charge in [0, 0.05) is 6.54 Å². The summed E-state index contributed by atoms with van der Waals surface area (Å²) in [4.78, 5) is 27.0. The summed E-state index contributed by atoms with van der Waals surface area (Å²) >= 11 is 0. The van der Waals surface area contributed by atoms with Gasteiger partial charge in [-0.25, -0.2) is 0 Å². The lowest BCUT2D eigenvalue weighted by Gasteiger charge is -2.46. The number of amides is 2. The molecule has 1 atom stereocenters. The zero-order valence-electron chi connectivity index (χ0n) is 13.5. The molecule has 1 aliphatic carbocycles. The van der Waals surface area contributed by atoms with E-state index in [2.05, 4.69) is 19.2 Å². The topological polar surface area (TPSA) is 49.4 Å². The maximum atomic E-state index is 12.9. The molecule has 0 radical (unpaired) electrons. The monoisotopic (exact) mass is 280 g/mol. The molecule has 1 unspecified atom stereocenters. The van der Waals surface area contributed by atoms with Gasteiger partial charge in [0.1, 0.15) is 11.6 Å². The molecule has 20 heavy (non-hydrogen) atoms. The fourth-order valence-corrected chi connectivity index (χ4v) is 3.34. The van der Waals surface area contributed by atoms with Crippen molar-refractivity contribution in [1.29, 1.82) is 0 Å². The maximum Gasteiger partial charge on any atom is 0.248 e. The van der Waals surface area contributed by atoms with Crippen LogP contribution in [0.3, 0.4) is 0 Å². The molecule has 1 heterocycles. The first-order chi connectivity index (χ1) is 9.32. The lowest BCUT2D eigenvalue weighted by Crippen LogP contribution is -2.70. The first-order valence-electron chi connectivity index (χ1n) is 7.95. The molecule has 4 nitrogen and oxygen atoms in total. The molecule has 1 N–H and O–H groups in total. The number of nitrogens with one attached hydrogen (secondary N) is 1. The normalized spacial score (nSPS) is 27.7. The van der Waals surface area contributed by atoms with Crippen molar-refractivity contribution in [2.75, 3.05) is 6.54 Å². The third-order valence-electron chi connectivity index (χ3n) is 5.69. The molecule has 1 aliphatic heterocycles. The fourth-order valence-electron chi connectivity index (χ4n) is 3.34. The second-order valence-corrected chi connectivity index (χ2v) is 6.90. The molecule has 1 saturated carbocycles. The molecular weight excluding hydrogens is 252 g/mol. The highest BCUT2D eigenvalue weighted by molar-refractivity contribution is 5.99. The Morgan fingerprint density at radius 1 is 1.25 bits per heavy atom. The van der Waals surface area contributed by atoms with E-state index in [1.54, 1.807) is 0 Å². The predicted molar refractivity (Wildman–Crippen MR) is 79.1 cm³/mol. The Kier molecular flexibility index (Phi) is 3.87. The van der Waals surface area contributed by atoms with Crippen molar-refractivity contribution in [2.45, 2.75) is 71.9 Å². The second kappa shape index (κ2) is 5.05. The van der Waals surface area contributed by atoms with Gasteiger partial charge in [0.05, 0.1) is 0 Å². The van der Waals surface area contributed by atoms with Gasteiger partial charge in [-0.3, -0.25) is 9.59 Å². The highest BCUT2D eigenvalue weighted by Crippen LogP contribution is 2.53. The van der Waals surface area contributed by atoms with Crippen LogP contribution in [0.4, 0.5) is 0 Å². The van der Waals surface area contributed by atoms with Gasteiger partial charge in [-0.15, -0.1) is 0 Å². The van der Waals surface area contributed by atoms with E-state index in [1.165, 1.54) is 12.8 Å². The zero-order chi connectivity index (χ0) is 15.1. The summed E-state index contributed by atoms with van der Waals surface area (Å²) in [7, 11) is 0. The SMILES string of the molecule is CCC1(CC)NC(=O)C(C)N(CC2(C(C)C)CC2)C1=O. The Labute approximate surface area is 122 Å². The molecular formula is C16H28N2O2. The van der Waals surface area contributed by atoms with Gasteiger partial charge in [-0.05, 0) is 43.9 Å². The summed E-state index contributed by atoms with van der Waals surface area (Å²) in [5.41, 5.74) is -0.439. The number of nitrogens with zero attached hydrogens (tertiary/aromatic N) is 1. The summed E-state index contributed by atoms with van der Waals surface area (Å²) < 4.78 is 0. The molecule has 0 bridgehead atoms. The predicted octanol–water partition coefficient (Wildman–Crippen LogP) is 2.33. The lowest BCUT2D eigenvalue weighted by molar-refractivity contribution is -0.156. The Morgan fingerprint density at radius 3 is 2.20 bits per heavy atom. The molecule has 0 aromatic heterocycles. The Balaban J connectivity index is 2.25. The van der Waals surface area contributed by atoms with Crippen LogP contribution in [-0.4, -0.2) is 34.8 Å². The number of piperazine rings is 1. The third-order valence-corrected chi connectivity index (χ3v) is 5.69. The van der Waals surface area contributed by atoms with Crippen LogP contribution in [0.25, 0.3) is 0 Å². The van der Waals surface area contributed by atoms with Gasteiger partial charge >= 0.3 is 0 Å². The molecule has 4 heteroatoms.